The molecule has 2 aromatic rings. The van der Waals surface area contributed by atoms with E-state index in [2.05, 4.69) is 11.9 Å². The van der Waals surface area contributed by atoms with Crippen LogP contribution in [0.25, 0.3) is 11.1 Å². The second kappa shape index (κ2) is 3.84. The normalized spacial score (nSPS) is 29.6. The molecular formula is C14H18N2O. The second-order valence-corrected chi connectivity index (χ2v) is 5.26. The molecule has 0 aliphatic heterocycles. The Balaban J connectivity index is 2.07. The molecule has 3 rings (SSSR count). The Morgan fingerprint density at radius 3 is 2.94 bits per heavy atom. The van der Waals surface area contributed by atoms with E-state index in [1.807, 2.05) is 24.3 Å². The maximum absolute atomic E-state index is 6.27. The lowest BCUT2D eigenvalue weighted by atomic mass is 9.72. The summed E-state index contributed by atoms with van der Waals surface area (Å²) >= 11 is 0. The molecule has 2 atom stereocenters. The molecule has 1 saturated carbocycles. The number of aromatic nitrogens is 1. The van der Waals surface area contributed by atoms with Crippen molar-refractivity contribution in [3.05, 3.63) is 30.2 Å². The van der Waals surface area contributed by atoms with Gasteiger partial charge in [-0.1, -0.05) is 25.0 Å². The highest BCUT2D eigenvalue weighted by Gasteiger charge is 2.40. The molecule has 17 heavy (non-hydrogen) atoms. The van der Waals surface area contributed by atoms with E-state index >= 15 is 0 Å². The van der Waals surface area contributed by atoms with Gasteiger partial charge in [-0.15, -0.1) is 0 Å². The van der Waals surface area contributed by atoms with E-state index < -0.39 is 0 Å². The highest BCUT2D eigenvalue weighted by Crippen LogP contribution is 2.38. The number of rotatable bonds is 1. The smallest absolute Gasteiger partial charge is 0.202 e. The van der Waals surface area contributed by atoms with Crippen LogP contribution in [-0.4, -0.2) is 11.0 Å². The third-order valence-electron chi connectivity index (χ3n) is 4.06. The van der Waals surface area contributed by atoms with Crippen LogP contribution >= 0.6 is 0 Å². The van der Waals surface area contributed by atoms with Crippen LogP contribution in [0.1, 0.15) is 38.5 Å². The van der Waals surface area contributed by atoms with E-state index in [1.54, 1.807) is 0 Å². The average molecular weight is 230 g/mol. The third-order valence-corrected chi connectivity index (χ3v) is 4.06. The maximum Gasteiger partial charge on any atom is 0.202 e. The molecule has 3 nitrogen and oxygen atoms in total. The van der Waals surface area contributed by atoms with Gasteiger partial charge in [0.1, 0.15) is 5.52 Å². The zero-order chi connectivity index (χ0) is 11.9. The molecule has 2 N–H and O–H groups in total. The summed E-state index contributed by atoms with van der Waals surface area (Å²) in [5, 5.41) is 0. The minimum absolute atomic E-state index is 0.0999. The van der Waals surface area contributed by atoms with E-state index in [0.29, 0.717) is 0 Å². The number of nitrogens with zero attached hydrogens (tertiary/aromatic N) is 1. The van der Waals surface area contributed by atoms with Crippen molar-refractivity contribution in [1.82, 2.24) is 4.98 Å². The summed E-state index contributed by atoms with van der Waals surface area (Å²) in [5.74, 6) is 0.811. The van der Waals surface area contributed by atoms with Gasteiger partial charge in [-0.25, -0.2) is 4.98 Å². The molecule has 1 aromatic carbocycles. The van der Waals surface area contributed by atoms with Crippen LogP contribution in [0.4, 0.5) is 0 Å². The molecule has 0 saturated heterocycles. The van der Waals surface area contributed by atoms with Gasteiger partial charge < -0.3 is 10.2 Å². The lowest BCUT2D eigenvalue weighted by Gasteiger charge is -2.36. The van der Waals surface area contributed by atoms with Crippen LogP contribution in [0.15, 0.2) is 28.7 Å². The zero-order valence-corrected chi connectivity index (χ0v) is 10.1. The van der Waals surface area contributed by atoms with E-state index in [1.165, 1.54) is 12.8 Å². The maximum atomic E-state index is 6.27. The van der Waals surface area contributed by atoms with Crippen LogP contribution in [0, 0.1) is 0 Å². The Hall–Kier alpha value is -1.35. The summed E-state index contributed by atoms with van der Waals surface area (Å²) in [5.41, 5.74) is 7.96. The number of oxazole rings is 1. The summed E-state index contributed by atoms with van der Waals surface area (Å²) in [4.78, 5) is 4.61. The van der Waals surface area contributed by atoms with Crippen LogP contribution in [-0.2, 0) is 5.41 Å². The first-order valence-corrected chi connectivity index (χ1v) is 6.32. The summed E-state index contributed by atoms with van der Waals surface area (Å²) < 4.78 is 5.89. The monoisotopic (exact) mass is 230 g/mol. The van der Waals surface area contributed by atoms with Crippen LogP contribution in [0.3, 0.4) is 0 Å². The highest BCUT2D eigenvalue weighted by atomic mass is 16.3. The Morgan fingerprint density at radius 2 is 2.18 bits per heavy atom. The number of hydrogen-bond donors (Lipinski definition) is 1. The van der Waals surface area contributed by atoms with Crippen LogP contribution in [0.5, 0.6) is 0 Å². The number of para-hydroxylation sites is 2. The fourth-order valence-corrected chi connectivity index (χ4v) is 2.74. The van der Waals surface area contributed by atoms with Crippen molar-refractivity contribution >= 4 is 11.1 Å². The molecule has 0 radical (unpaired) electrons. The molecule has 2 unspecified atom stereocenters. The first kappa shape index (κ1) is 10.8. The van der Waals surface area contributed by atoms with Crippen molar-refractivity contribution < 1.29 is 4.42 Å². The van der Waals surface area contributed by atoms with Crippen molar-refractivity contribution in [2.24, 2.45) is 5.73 Å². The number of hydrogen-bond acceptors (Lipinski definition) is 3. The third kappa shape index (κ3) is 1.65. The molecule has 90 valence electrons. The Morgan fingerprint density at radius 1 is 1.35 bits per heavy atom. The number of benzene rings is 1. The van der Waals surface area contributed by atoms with Crippen LogP contribution < -0.4 is 5.73 Å². The van der Waals surface area contributed by atoms with Crippen molar-refractivity contribution in [3.63, 3.8) is 0 Å². The van der Waals surface area contributed by atoms with Crippen molar-refractivity contribution in [2.75, 3.05) is 0 Å². The van der Waals surface area contributed by atoms with Crippen molar-refractivity contribution in [2.45, 2.75) is 44.1 Å². The lowest BCUT2D eigenvalue weighted by molar-refractivity contribution is 0.226. The van der Waals surface area contributed by atoms with Gasteiger partial charge in [0, 0.05) is 6.04 Å². The van der Waals surface area contributed by atoms with Crippen molar-refractivity contribution in [3.8, 4) is 0 Å². The molecule has 0 amide bonds. The first-order chi connectivity index (χ1) is 8.20. The molecule has 0 spiro atoms. The Kier molecular flexibility index (Phi) is 2.44. The minimum Gasteiger partial charge on any atom is -0.440 e. The summed E-state index contributed by atoms with van der Waals surface area (Å²) in [7, 11) is 0. The molecule has 1 aliphatic rings. The van der Waals surface area contributed by atoms with E-state index in [-0.39, 0.29) is 11.5 Å². The van der Waals surface area contributed by atoms with Gasteiger partial charge in [-0.3, -0.25) is 0 Å². The molecule has 1 aliphatic carbocycles. The van der Waals surface area contributed by atoms with E-state index in [4.69, 9.17) is 10.2 Å². The predicted octanol–water partition coefficient (Wildman–Crippen LogP) is 2.99. The van der Waals surface area contributed by atoms with Crippen molar-refractivity contribution in [1.29, 1.82) is 0 Å². The number of fused-ring (bicyclic) bond motifs is 1. The predicted molar refractivity (Wildman–Crippen MR) is 67.8 cm³/mol. The second-order valence-electron chi connectivity index (χ2n) is 5.26. The molecule has 3 heteroatoms. The number of nitrogens with two attached hydrogens (primary N) is 1. The highest BCUT2D eigenvalue weighted by molar-refractivity contribution is 5.72. The molecule has 1 heterocycles. The SMILES string of the molecule is CC1(c2nc3ccccc3o2)CCCCC1N. The topological polar surface area (TPSA) is 52.0 Å². The lowest BCUT2D eigenvalue weighted by Crippen LogP contribution is -2.45. The minimum atomic E-state index is -0.0999. The molecule has 1 fully saturated rings. The van der Waals surface area contributed by atoms with Crippen LogP contribution in [0.2, 0.25) is 0 Å². The summed E-state index contributed by atoms with van der Waals surface area (Å²) in [6.07, 6.45) is 4.57. The quantitative estimate of drug-likeness (QED) is 0.819. The van der Waals surface area contributed by atoms with Gasteiger partial charge >= 0.3 is 0 Å². The van der Waals surface area contributed by atoms with Gasteiger partial charge in [0.15, 0.2) is 5.58 Å². The summed E-state index contributed by atoms with van der Waals surface area (Å²) in [6.45, 7) is 2.18. The summed E-state index contributed by atoms with van der Waals surface area (Å²) in [6, 6.07) is 8.06. The van der Waals surface area contributed by atoms with Gasteiger partial charge in [-0.2, -0.15) is 0 Å². The fourth-order valence-electron chi connectivity index (χ4n) is 2.74. The van der Waals surface area contributed by atoms with E-state index in [9.17, 15) is 0 Å². The Bertz CT molecular complexity index is 501. The standard InChI is InChI=1S/C14H18N2O/c1-14(9-5-4-8-12(14)15)13-16-10-6-2-3-7-11(10)17-13/h2-3,6-7,12H,4-5,8-9,15H2,1H3. The van der Waals surface area contributed by atoms with Gasteiger partial charge in [0.05, 0.1) is 5.41 Å². The average Bonchev–Trinajstić information content (AvgIpc) is 2.77. The molecule has 0 bridgehead atoms. The fraction of sp³-hybridized carbons (Fsp3) is 0.500. The first-order valence-electron chi connectivity index (χ1n) is 6.32. The molecular weight excluding hydrogens is 212 g/mol. The Labute approximate surface area is 101 Å². The van der Waals surface area contributed by atoms with Gasteiger partial charge in [0.2, 0.25) is 5.89 Å². The zero-order valence-electron chi connectivity index (χ0n) is 10.1. The van der Waals surface area contributed by atoms with Gasteiger partial charge in [-0.05, 0) is 31.9 Å². The van der Waals surface area contributed by atoms with E-state index in [0.717, 1.165) is 29.8 Å². The molecule has 1 aromatic heterocycles. The largest absolute Gasteiger partial charge is 0.440 e. The van der Waals surface area contributed by atoms with Gasteiger partial charge in [0.25, 0.3) is 0 Å².